The Balaban J connectivity index is 2.48. The van der Waals surface area contributed by atoms with E-state index in [1.54, 1.807) is 4.90 Å². The number of hydrogen-bond acceptors (Lipinski definition) is 4. The smallest absolute Gasteiger partial charge is 0.328 e. The van der Waals surface area contributed by atoms with Crippen LogP contribution in [0.4, 0.5) is 4.79 Å². The maximum atomic E-state index is 12.0. The van der Waals surface area contributed by atoms with Crippen LogP contribution in [0.15, 0.2) is 0 Å². The summed E-state index contributed by atoms with van der Waals surface area (Å²) in [6, 6.07) is -1.35. The second-order valence-electron chi connectivity index (χ2n) is 5.94. The molecule has 1 saturated heterocycles. The molecule has 1 aliphatic rings. The van der Waals surface area contributed by atoms with Crippen molar-refractivity contribution in [2.45, 2.75) is 32.4 Å². The molecule has 1 heterocycles. The molecule has 0 bridgehead atoms. The molecule has 1 aliphatic heterocycles. The van der Waals surface area contributed by atoms with Crippen LogP contribution in [0, 0.1) is 0 Å². The van der Waals surface area contributed by atoms with Gasteiger partial charge in [0.05, 0.1) is 6.61 Å². The molecule has 2 N–H and O–H groups in total. The number of piperazine rings is 1. The molecular weight excluding hydrogens is 262 g/mol. The Morgan fingerprint density at radius 1 is 1.25 bits per heavy atom. The van der Waals surface area contributed by atoms with E-state index in [0.29, 0.717) is 13.1 Å². The van der Waals surface area contributed by atoms with E-state index in [9.17, 15) is 9.59 Å². The largest absolute Gasteiger partial charge is 0.480 e. The van der Waals surface area contributed by atoms with Crippen LogP contribution in [0.5, 0.6) is 0 Å². The van der Waals surface area contributed by atoms with Crippen LogP contribution in [-0.2, 0) is 9.53 Å². The Morgan fingerprint density at radius 2 is 1.80 bits per heavy atom. The first-order valence-electron chi connectivity index (χ1n) is 6.78. The summed E-state index contributed by atoms with van der Waals surface area (Å²) < 4.78 is 4.79. The molecule has 0 aromatic carbocycles. The summed E-state index contributed by atoms with van der Waals surface area (Å²) in [4.78, 5) is 26.9. The van der Waals surface area contributed by atoms with Gasteiger partial charge in [-0.3, -0.25) is 4.90 Å². The van der Waals surface area contributed by atoms with Gasteiger partial charge in [-0.25, -0.2) is 9.59 Å². The van der Waals surface area contributed by atoms with Crippen molar-refractivity contribution < 1.29 is 19.4 Å². The standard InChI is InChI=1S/C13H25N3O4/c1-13(2,3)16-7-5-15(6-8-16)12(19)14-10(9-20-4)11(17)18/h10H,5-9H2,1-4H3,(H,14,19)(H,17,18). The first-order chi connectivity index (χ1) is 9.25. The van der Waals surface area contributed by atoms with E-state index in [-0.39, 0.29) is 18.2 Å². The highest BCUT2D eigenvalue weighted by Gasteiger charge is 2.29. The fourth-order valence-electron chi connectivity index (χ4n) is 2.16. The fraction of sp³-hybridized carbons (Fsp3) is 0.846. The van der Waals surface area contributed by atoms with Crippen LogP contribution in [0.25, 0.3) is 0 Å². The molecule has 0 aliphatic carbocycles. The van der Waals surface area contributed by atoms with Gasteiger partial charge in [0, 0.05) is 38.8 Å². The molecule has 2 amide bonds. The lowest BCUT2D eigenvalue weighted by Crippen LogP contribution is -2.58. The minimum Gasteiger partial charge on any atom is -0.480 e. The average molecular weight is 287 g/mol. The number of urea groups is 1. The van der Waals surface area contributed by atoms with Crippen molar-refractivity contribution in [1.29, 1.82) is 0 Å². The Bertz CT molecular complexity index is 346. The van der Waals surface area contributed by atoms with E-state index in [2.05, 4.69) is 31.0 Å². The Morgan fingerprint density at radius 3 is 2.20 bits per heavy atom. The molecule has 1 fully saturated rings. The van der Waals surface area contributed by atoms with Crippen molar-refractivity contribution in [3.63, 3.8) is 0 Å². The zero-order valence-electron chi connectivity index (χ0n) is 12.7. The van der Waals surface area contributed by atoms with Gasteiger partial charge in [-0.2, -0.15) is 0 Å². The lowest BCUT2D eigenvalue weighted by atomic mass is 10.1. The quantitative estimate of drug-likeness (QED) is 0.772. The summed E-state index contributed by atoms with van der Waals surface area (Å²) in [7, 11) is 1.41. The van der Waals surface area contributed by atoms with E-state index in [4.69, 9.17) is 9.84 Å². The number of carboxylic acids is 1. The summed E-state index contributed by atoms with van der Waals surface area (Å²) >= 11 is 0. The lowest BCUT2D eigenvalue weighted by Gasteiger charge is -2.42. The van der Waals surface area contributed by atoms with Crippen molar-refractivity contribution in [2.75, 3.05) is 39.9 Å². The van der Waals surface area contributed by atoms with E-state index in [0.717, 1.165) is 13.1 Å². The number of amides is 2. The van der Waals surface area contributed by atoms with Gasteiger partial charge in [0.15, 0.2) is 6.04 Å². The molecule has 0 spiro atoms. The third-order valence-corrected chi connectivity index (χ3v) is 3.44. The SMILES string of the molecule is COCC(NC(=O)N1CCN(C(C)(C)C)CC1)C(=O)O. The molecule has 0 aromatic rings. The second-order valence-corrected chi connectivity index (χ2v) is 5.94. The van der Waals surface area contributed by atoms with Gasteiger partial charge in [0.1, 0.15) is 0 Å². The first kappa shape index (κ1) is 16.7. The van der Waals surface area contributed by atoms with E-state index in [1.807, 2.05) is 0 Å². The molecule has 0 saturated carbocycles. The minimum absolute atomic E-state index is 0.0387. The maximum Gasteiger partial charge on any atom is 0.328 e. The van der Waals surface area contributed by atoms with Gasteiger partial charge < -0.3 is 20.1 Å². The molecule has 1 rings (SSSR count). The first-order valence-corrected chi connectivity index (χ1v) is 6.78. The maximum absolute atomic E-state index is 12.0. The molecule has 0 aromatic heterocycles. The third-order valence-electron chi connectivity index (χ3n) is 3.44. The number of carbonyl (C=O) groups excluding carboxylic acids is 1. The predicted octanol–water partition coefficient (Wildman–Crippen LogP) is 0.212. The highest BCUT2D eigenvalue weighted by molar-refractivity contribution is 5.82. The van der Waals surface area contributed by atoms with Crippen molar-refractivity contribution in [2.24, 2.45) is 0 Å². The topological polar surface area (TPSA) is 82.1 Å². The van der Waals surface area contributed by atoms with E-state index in [1.165, 1.54) is 7.11 Å². The van der Waals surface area contributed by atoms with Gasteiger partial charge in [-0.05, 0) is 20.8 Å². The number of rotatable bonds is 4. The van der Waals surface area contributed by atoms with Crippen molar-refractivity contribution in [3.05, 3.63) is 0 Å². The van der Waals surface area contributed by atoms with E-state index >= 15 is 0 Å². The Hall–Kier alpha value is -1.34. The number of ether oxygens (including phenoxy) is 1. The zero-order chi connectivity index (χ0) is 15.3. The van der Waals surface area contributed by atoms with Gasteiger partial charge in [0.25, 0.3) is 0 Å². The van der Waals surface area contributed by atoms with Crippen LogP contribution < -0.4 is 5.32 Å². The van der Waals surface area contributed by atoms with Crippen LogP contribution in [0.1, 0.15) is 20.8 Å². The fourth-order valence-corrected chi connectivity index (χ4v) is 2.16. The molecule has 116 valence electrons. The van der Waals surface area contributed by atoms with Gasteiger partial charge >= 0.3 is 12.0 Å². The normalized spacial score (nSPS) is 18.7. The van der Waals surface area contributed by atoms with Crippen LogP contribution in [0.2, 0.25) is 0 Å². The van der Waals surface area contributed by atoms with Crippen molar-refractivity contribution in [3.8, 4) is 0 Å². The molecule has 7 nitrogen and oxygen atoms in total. The molecule has 1 atom stereocenters. The molecule has 20 heavy (non-hydrogen) atoms. The van der Waals surface area contributed by atoms with Crippen LogP contribution in [0.3, 0.4) is 0 Å². The summed E-state index contributed by atoms with van der Waals surface area (Å²) in [6.07, 6.45) is 0. The van der Waals surface area contributed by atoms with Crippen LogP contribution >= 0.6 is 0 Å². The molecule has 0 radical (unpaired) electrons. The Kier molecular flexibility index (Phi) is 5.76. The lowest BCUT2D eigenvalue weighted by molar-refractivity contribution is -0.140. The van der Waals surface area contributed by atoms with E-state index < -0.39 is 12.0 Å². The van der Waals surface area contributed by atoms with Gasteiger partial charge in [0.2, 0.25) is 0 Å². The summed E-state index contributed by atoms with van der Waals surface area (Å²) in [5.41, 5.74) is 0.0855. The molecule has 1 unspecified atom stereocenters. The monoisotopic (exact) mass is 287 g/mol. The second kappa shape index (κ2) is 6.90. The number of nitrogens with one attached hydrogen (secondary N) is 1. The Labute approximate surface area is 119 Å². The zero-order valence-corrected chi connectivity index (χ0v) is 12.7. The number of carbonyl (C=O) groups is 2. The number of hydrogen-bond donors (Lipinski definition) is 2. The molecule has 7 heteroatoms. The summed E-state index contributed by atoms with van der Waals surface area (Å²) in [6.45, 7) is 9.16. The average Bonchev–Trinajstić information content (AvgIpc) is 2.37. The predicted molar refractivity (Wildman–Crippen MR) is 74.7 cm³/mol. The summed E-state index contributed by atoms with van der Waals surface area (Å²) in [5.74, 6) is -1.09. The highest BCUT2D eigenvalue weighted by Crippen LogP contribution is 2.15. The highest BCUT2D eigenvalue weighted by atomic mass is 16.5. The number of carboxylic acid groups (broad SMARTS) is 1. The molecular formula is C13H25N3O4. The number of methoxy groups -OCH3 is 1. The van der Waals surface area contributed by atoms with Crippen LogP contribution in [-0.4, -0.2) is 78.4 Å². The number of aliphatic carboxylic acids is 1. The number of nitrogens with zero attached hydrogens (tertiary/aromatic N) is 2. The van der Waals surface area contributed by atoms with Gasteiger partial charge in [-0.15, -0.1) is 0 Å². The third kappa shape index (κ3) is 4.64. The van der Waals surface area contributed by atoms with Crippen molar-refractivity contribution in [1.82, 2.24) is 15.1 Å². The van der Waals surface area contributed by atoms with Crippen molar-refractivity contribution >= 4 is 12.0 Å². The minimum atomic E-state index is -1.09. The van der Waals surface area contributed by atoms with Gasteiger partial charge in [-0.1, -0.05) is 0 Å². The summed E-state index contributed by atoms with van der Waals surface area (Å²) in [5, 5.41) is 11.5.